The lowest BCUT2D eigenvalue weighted by Crippen LogP contribution is -2.16. The van der Waals surface area contributed by atoms with Gasteiger partial charge in [0, 0.05) is 12.1 Å². The highest BCUT2D eigenvalue weighted by Gasteiger charge is 2.15. The number of H-pyrrole nitrogens is 1. The molecular weight excluding hydrogens is 330 g/mol. The number of amides is 1. The van der Waals surface area contributed by atoms with Crippen LogP contribution in [0.15, 0.2) is 65.3 Å². The van der Waals surface area contributed by atoms with Crippen LogP contribution >= 0.6 is 0 Å². The van der Waals surface area contributed by atoms with Crippen molar-refractivity contribution < 1.29 is 9.21 Å². The van der Waals surface area contributed by atoms with E-state index in [0.717, 1.165) is 11.3 Å². The maximum absolute atomic E-state index is 12.5. The molecule has 0 aliphatic heterocycles. The van der Waals surface area contributed by atoms with Crippen LogP contribution in [-0.4, -0.2) is 25.9 Å². The van der Waals surface area contributed by atoms with Crippen LogP contribution in [0.5, 0.6) is 0 Å². The van der Waals surface area contributed by atoms with Crippen molar-refractivity contribution in [3.8, 4) is 11.5 Å². The van der Waals surface area contributed by atoms with Crippen LogP contribution in [0.25, 0.3) is 11.5 Å². The first-order chi connectivity index (χ1) is 12.7. The minimum atomic E-state index is -0.312. The van der Waals surface area contributed by atoms with E-state index < -0.39 is 0 Å². The van der Waals surface area contributed by atoms with Crippen molar-refractivity contribution in [1.82, 2.24) is 20.0 Å². The van der Waals surface area contributed by atoms with Gasteiger partial charge in [-0.3, -0.25) is 9.89 Å². The van der Waals surface area contributed by atoms with E-state index in [2.05, 4.69) is 20.6 Å². The van der Waals surface area contributed by atoms with E-state index in [0.29, 0.717) is 23.8 Å². The number of nitrogens with zero attached hydrogens (tertiary/aromatic N) is 3. The normalized spacial score (nSPS) is 10.8. The number of hydrogen-bond acceptors (Lipinski definition) is 4. The Balaban J connectivity index is 1.53. The van der Waals surface area contributed by atoms with Crippen LogP contribution in [0.4, 0.5) is 5.82 Å². The average Bonchev–Trinajstić information content (AvgIpc) is 3.37. The molecule has 4 rings (SSSR count). The maximum atomic E-state index is 12.5. The van der Waals surface area contributed by atoms with Gasteiger partial charge in [-0.15, -0.1) is 0 Å². The highest BCUT2D eigenvalue weighted by Crippen LogP contribution is 2.19. The SMILES string of the molecule is Cc1cc(NC(=O)c2cc(-c3ccco3)[nH]n2)n(Cc2ccccc2)n1. The highest BCUT2D eigenvalue weighted by atomic mass is 16.3. The Kier molecular flexibility index (Phi) is 4.10. The summed E-state index contributed by atoms with van der Waals surface area (Å²) in [4.78, 5) is 12.5. The van der Waals surface area contributed by atoms with Crippen molar-refractivity contribution >= 4 is 11.7 Å². The number of carbonyl (C=O) groups is 1. The first-order valence-corrected chi connectivity index (χ1v) is 8.18. The minimum Gasteiger partial charge on any atom is -0.463 e. The molecule has 4 aromatic rings. The van der Waals surface area contributed by atoms with E-state index in [4.69, 9.17) is 4.42 Å². The third-order valence-corrected chi connectivity index (χ3v) is 3.92. The molecule has 7 nitrogen and oxygen atoms in total. The van der Waals surface area contributed by atoms with Gasteiger partial charge in [0.05, 0.1) is 18.5 Å². The number of benzene rings is 1. The quantitative estimate of drug-likeness (QED) is 0.578. The van der Waals surface area contributed by atoms with Gasteiger partial charge in [0.2, 0.25) is 0 Å². The Morgan fingerprint density at radius 1 is 1.19 bits per heavy atom. The molecule has 0 aliphatic carbocycles. The van der Waals surface area contributed by atoms with Crippen LogP contribution in [0.3, 0.4) is 0 Å². The molecule has 3 heterocycles. The van der Waals surface area contributed by atoms with E-state index in [9.17, 15) is 4.79 Å². The zero-order valence-corrected chi connectivity index (χ0v) is 14.1. The zero-order chi connectivity index (χ0) is 17.9. The molecule has 130 valence electrons. The summed E-state index contributed by atoms with van der Waals surface area (Å²) in [5, 5.41) is 14.2. The second kappa shape index (κ2) is 6.72. The molecule has 0 bridgehead atoms. The molecule has 0 saturated heterocycles. The number of aromatic amines is 1. The van der Waals surface area contributed by atoms with Gasteiger partial charge in [-0.05, 0) is 24.6 Å². The summed E-state index contributed by atoms with van der Waals surface area (Å²) >= 11 is 0. The molecule has 0 fully saturated rings. The zero-order valence-electron chi connectivity index (χ0n) is 14.1. The Bertz CT molecular complexity index is 1020. The maximum Gasteiger partial charge on any atom is 0.277 e. The van der Waals surface area contributed by atoms with Gasteiger partial charge < -0.3 is 9.73 Å². The van der Waals surface area contributed by atoms with Crippen molar-refractivity contribution in [2.45, 2.75) is 13.5 Å². The summed E-state index contributed by atoms with van der Waals surface area (Å²) in [6.45, 7) is 2.46. The molecule has 0 spiro atoms. The van der Waals surface area contributed by atoms with Gasteiger partial charge in [-0.25, -0.2) is 4.68 Å². The summed E-state index contributed by atoms with van der Waals surface area (Å²) in [5.74, 6) is 0.939. The largest absolute Gasteiger partial charge is 0.463 e. The smallest absolute Gasteiger partial charge is 0.277 e. The fourth-order valence-electron chi connectivity index (χ4n) is 2.70. The van der Waals surface area contributed by atoms with Gasteiger partial charge in [0.25, 0.3) is 5.91 Å². The fraction of sp³-hybridized carbons (Fsp3) is 0.105. The molecule has 3 aromatic heterocycles. The van der Waals surface area contributed by atoms with Gasteiger partial charge in [0.1, 0.15) is 11.5 Å². The number of aromatic nitrogens is 4. The summed E-state index contributed by atoms with van der Waals surface area (Å²) in [6.07, 6.45) is 1.57. The molecule has 26 heavy (non-hydrogen) atoms. The molecule has 7 heteroatoms. The summed E-state index contributed by atoms with van der Waals surface area (Å²) in [6, 6.07) is 17.0. The Morgan fingerprint density at radius 3 is 2.81 bits per heavy atom. The fourth-order valence-corrected chi connectivity index (χ4v) is 2.70. The van der Waals surface area contributed by atoms with E-state index in [1.807, 2.05) is 43.3 Å². The second-order valence-electron chi connectivity index (χ2n) is 5.91. The van der Waals surface area contributed by atoms with E-state index in [-0.39, 0.29) is 11.6 Å². The lowest BCUT2D eigenvalue weighted by Gasteiger charge is -2.08. The molecule has 0 saturated carbocycles. The summed E-state index contributed by atoms with van der Waals surface area (Å²) in [5.41, 5.74) is 2.86. The number of furan rings is 1. The van der Waals surface area contributed by atoms with Gasteiger partial charge in [-0.2, -0.15) is 10.2 Å². The highest BCUT2D eigenvalue weighted by molar-refractivity contribution is 6.02. The Morgan fingerprint density at radius 2 is 2.04 bits per heavy atom. The summed E-state index contributed by atoms with van der Waals surface area (Å²) < 4.78 is 7.07. The van der Waals surface area contributed by atoms with Crippen LogP contribution < -0.4 is 5.32 Å². The molecule has 0 atom stereocenters. The monoisotopic (exact) mass is 347 g/mol. The predicted molar refractivity (Wildman–Crippen MR) is 96.8 cm³/mol. The predicted octanol–water partition coefficient (Wildman–Crippen LogP) is 3.48. The molecule has 0 aliphatic rings. The van der Waals surface area contributed by atoms with E-state index in [1.54, 1.807) is 29.1 Å². The van der Waals surface area contributed by atoms with Gasteiger partial charge in [-0.1, -0.05) is 30.3 Å². The van der Waals surface area contributed by atoms with Crippen LogP contribution in [0, 0.1) is 6.92 Å². The average molecular weight is 347 g/mol. The number of anilines is 1. The van der Waals surface area contributed by atoms with E-state index in [1.165, 1.54) is 0 Å². The molecule has 1 aromatic carbocycles. The third kappa shape index (κ3) is 3.27. The standard InChI is InChI=1S/C19H17N5O2/c1-13-10-18(24(23-13)12-14-6-3-2-4-7-14)20-19(25)16-11-15(21-22-16)17-8-5-9-26-17/h2-11H,12H2,1H3,(H,20,25)(H,21,22). The van der Waals surface area contributed by atoms with Crippen LogP contribution in [0.2, 0.25) is 0 Å². The first-order valence-electron chi connectivity index (χ1n) is 8.18. The lowest BCUT2D eigenvalue weighted by atomic mass is 10.2. The van der Waals surface area contributed by atoms with Crippen molar-refractivity contribution in [2.24, 2.45) is 0 Å². The van der Waals surface area contributed by atoms with Crippen molar-refractivity contribution in [1.29, 1.82) is 0 Å². The summed E-state index contributed by atoms with van der Waals surface area (Å²) in [7, 11) is 0. The first kappa shape index (κ1) is 15.9. The molecule has 2 N–H and O–H groups in total. The molecule has 1 amide bonds. The van der Waals surface area contributed by atoms with Gasteiger partial charge in [0.15, 0.2) is 11.5 Å². The number of carbonyl (C=O) groups excluding carboxylic acids is 1. The number of hydrogen-bond donors (Lipinski definition) is 2. The number of nitrogens with one attached hydrogen (secondary N) is 2. The van der Waals surface area contributed by atoms with Crippen molar-refractivity contribution in [3.05, 3.63) is 77.8 Å². The van der Waals surface area contributed by atoms with Gasteiger partial charge >= 0.3 is 0 Å². The van der Waals surface area contributed by atoms with E-state index >= 15 is 0 Å². The number of aryl methyl sites for hydroxylation is 1. The molecular formula is C19H17N5O2. The topological polar surface area (TPSA) is 88.7 Å². The van der Waals surface area contributed by atoms with Crippen molar-refractivity contribution in [2.75, 3.05) is 5.32 Å². The minimum absolute atomic E-state index is 0.279. The van der Waals surface area contributed by atoms with Crippen molar-refractivity contribution in [3.63, 3.8) is 0 Å². The third-order valence-electron chi connectivity index (χ3n) is 3.92. The molecule has 0 unspecified atom stereocenters. The van der Waals surface area contributed by atoms with Crippen LogP contribution in [-0.2, 0) is 6.54 Å². The molecule has 0 radical (unpaired) electrons. The Hall–Kier alpha value is -3.61. The van der Waals surface area contributed by atoms with Crippen LogP contribution in [0.1, 0.15) is 21.7 Å². The lowest BCUT2D eigenvalue weighted by molar-refractivity contribution is 0.102. The second-order valence-corrected chi connectivity index (χ2v) is 5.91. The Labute approximate surface area is 149 Å². The number of rotatable bonds is 5.